The van der Waals surface area contributed by atoms with Crippen molar-refractivity contribution < 1.29 is 14.7 Å². The van der Waals surface area contributed by atoms with Crippen molar-refractivity contribution in [2.75, 3.05) is 0 Å². The minimum Gasteiger partial charge on any atom is -0.475 e. The maximum absolute atomic E-state index is 10.2. The molecule has 0 aromatic heterocycles. The number of Topliss-reactive ketones (excluding diaryl/α,β-unsaturated/α-hetero) is 1. The molecule has 0 aromatic rings. The van der Waals surface area contributed by atoms with Gasteiger partial charge in [0, 0.05) is 0 Å². The number of carbonyl (C=O) groups is 2. The second-order valence-electron chi connectivity index (χ2n) is 1.29. The SMILES string of the molecule is C[C@@H](Br)C(=O)C(=O)O. The summed E-state index contributed by atoms with van der Waals surface area (Å²) in [7, 11) is 0. The highest BCUT2D eigenvalue weighted by Gasteiger charge is 2.16. The molecule has 0 aliphatic carbocycles. The van der Waals surface area contributed by atoms with E-state index in [2.05, 4.69) is 15.9 Å². The molecule has 0 fully saturated rings. The Labute approximate surface area is 54.8 Å². The van der Waals surface area contributed by atoms with Gasteiger partial charge in [0.2, 0.25) is 0 Å². The van der Waals surface area contributed by atoms with Gasteiger partial charge in [-0.2, -0.15) is 0 Å². The molecular formula is C4H5BrO3. The van der Waals surface area contributed by atoms with Crippen LogP contribution in [0.5, 0.6) is 0 Å². The summed E-state index contributed by atoms with van der Waals surface area (Å²) in [4.78, 5) is 19.4. The van der Waals surface area contributed by atoms with Gasteiger partial charge in [0.25, 0.3) is 5.78 Å². The molecule has 0 unspecified atom stereocenters. The molecule has 1 N–H and O–H groups in total. The van der Waals surface area contributed by atoms with Gasteiger partial charge >= 0.3 is 5.97 Å². The molecule has 0 saturated heterocycles. The minimum atomic E-state index is -1.39. The van der Waals surface area contributed by atoms with E-state index in [0.29, 0.717) is 0 Å². The first-order valence-electron chi connectivity index (χ1n) is 1.97. The van der Waals surface area contributed by atoms with Gasteiger partial charge in [-0.3, -0.25) is 4.79 Å². The molecule has 0 saturated carbocycles. The summed E-state index contributed by atoms with van der Waals surface area (Å²) in [6.07, 6.45) is 0. The van der Waals surface area contributed by atoms with E-state index >= 15 is 0 Å². The Hall–Kier alpha value is -0.380. The first-order valence-corrected chi connectivity index (χ1v) is 2.88. The van der Waals surface area contributed by atoms with Gasteiger partial charge in [0.1, 0.15) is 0 Å². The topological polar surface area (TPSA) is 54.4 Å². The molecule has 0 amide bonds. The van der Waals surface area contributed by atoms with Crippen molar-refractivity contribution in [3.8, 4) is 0 Å². The van der Waals surface area contributed by atoms with Gasteiger partial charge in [-0.05, 0) is 6.92 Å². The third kappa shape index (κ3) is 2.07. The van der Waals surface area contributed by atoms with Crippen LogP contribution in [-0.4, -0.2) is 21.7 Å². The lowest BCUT2D eigenvalue weighted by Crippen LogP contribution is -2.20. The molecular weight excluding hydrogens is 176 g/mol. The van der Waals surface area contributed by atoms with E-state index < -0.39 is 16.6 Å². The van der Waals surface area contributed by atoms with Gasteiger partial charge in [-0.1, -0.05) is 15.9 Å². The van der Waals surface area contributed by atoms with Crippen LogP contribution in [0.3, 0.4) is 0 Å². The van der Waals surface area contributed by atoms with Crippen LogP contribution in [0.25, 0.3) is 0 Å². The minimum absolute atomic E-state index is 0.583. The number of hydrogen-bond acceptors (Lipinski definition) is 2. The van der Waals surface area contributed by atoms with Crippen LogP contribution in [-0.2, 0) is 9.59 Å². The predicted molar refractivity (Wildman–Crippen MR) is 31.0 cm³/mol. The van der Waals surface area contributed by atoms with Crippen molar-refractivity contribution >= 4 is 27.7 Å². The van der Waals surface area contributed by atoms with Crippen molar-refractivity contribution in [3.05, 3.63) is 0 Å². The molecule has 4 heteroatoms. The number of carboxylic acid groups (broad SMARTS) is 1. The Morgan fingerprint density at radius 3 is 2.00 bits per heavy atom. The summed E-state index contributed by atoms with van der Waals surface area (Å²) in [5.41, 5.74) is 0. The second kappa shape index (κ2) is 2.81. The molecule has 0 aliphatic heterocycles. The summed E-state index contributed by atoms with van der Waals surface area (Å²) in [6, 6.07) is 0. The van der Waals surface area contributed by atoms with Gasteiger partial charge in [0.15, 0.2) is 0 Å². The highest BCUT2D eigenvalue weighted by molar-refractivity contribution is 9.10. The number of rotatable bonds is 2. The number of carboxylic acids is 1. The maximum Gasteiger partial charge on any atom is 0.373 e. The van der Waals surface area contributed by atoms with E-state index in [0.717, 1.165) is 0 Å². The Morgan fingerprint density at radius 1 is 1.62 bits per heavy atom. The number of hydrogen-bond donors (Lipinski definition) is 1. The Kier molecular flexibility index (Phi) is 2.68. The van der Waals surface area contributed by atoms with Crippen LogP contribution < -0.4 is 0 Å². The summed E-state index contributed by atoms with van der Waals surface area (Å²) in [5.74, 6) is -2.21. The molecule has 0 radical (unpaired) electrons. The van der Waals surface area contributed by atoms with Crippen molar-refractivity contribution in [2.24, 2.45) is 0 Å². The van der Waals surface area contributed by atoms with Crippen molar-refractivity contribution in [2.45, 2.75) is 11.8 Å². The first-order chi connectivity index (χ1) is 3.55. The van der Waals surface area contributed by atoms with Gasteiger partial charge in [-0.25, -0.2) is 4.79 Å². The van der Waals surface area contributed by atoms with Crippen LogP contribution >= 0.6 is 15.9 Å². The van der Waals surface area contributed by atoms with E-state index in [1.165, 1.54) is 6.92 Å². The Bertz CT molecular complexity index is 118. The number of carbonyl (C=O) groups excluding carboxylic acids is 1. The number of aliphatic carboxylic acids is 1. The largest absolute Gasteiger partial charge is 0.475 e. The standard InChI is InChI=1S/C4H5BrO3/c1-2(5)3(6)4(7)8/h2H,1H3,(H,7,8)/t2-/m1/s1. The van der Waals surface area contributed by atoms with E-state index in [4.69, 9.17) is 5.11 Å². The van der Waals surface area contributed by atoms with Gasteiger partial charge < -0.3 is 5.11 Å². The molecule has 3 nitrogen and oxygen atoms in total. The van der Waals surface area contributed by atoms with E-state index in [1.54, 1.807) is 0 Å². The molecule has 0 heterocycles. The number of alkyl halides is 1. The lowest BCUT2D eigenvalue weighted by atomic mass is 10.3. The molecule has 1 atom stereocenters. The highest BCUT2D eigenvalue weighted by Crippen LogP contribution is 1.97. The average molecular weight is 181 g/mol. The highest BCUT2D eigenvalue weighted by atomic mass is 79.9. The number of halogens is 1. The Balaban J connectivity index is 3.84. The summed E-state index contributed by atoms with van der Waals surface area (Å²) in [6.45, 7) is 1.47. The number of ketones is 1. The van der Waals surface area contributed by atoms with Gasteiger partial charge in [0.05, 0.1) is 4.83 Å². The molecule has 0 spiro atoms. The average Bonchev–Trinajstić information content (AvgIpc) is 1.64. The zero-order valence-corrected chi connectivity index (χ0v) is 5.81. The molecule has 0 aliphatic rings. The third-order valence-electron chi connectivity index (χ3n) is 0.572. The van der Waals surface area contributed by atoms with Crippen LogP contribution in [0, 0.1) is 0 Å². The zero-order valence-electron chi connectivity index (χ0n) is 4.22. The smallest absolute Gasteiger partial charge is 0.373 e. The van der Waals surface area contributed by atoms with E-state index in [9.17, 15) is 9.59 Å². The third-order valence-corrected chi connectivity index (χ3v) is 0.988. The van der Waals surface area contributed by atoms with Crippen LogP contribution in [0.4, 0.5) is 0 Å². The van der Waals surface area contributed by atoms with Crippen LogP contribution in [0.1, 0.15) is 6.92 Å². The molecule has 0 aromatic carbocycles. The summed E-state index contributed by atoms with van der Waals surface area (Å²) in [5, 5.41) is 7.97. The van der Waals surface area contributed by atoms with Crippen LogP contribution in [0.2, 0.25) is 0 Å². The normalized spacial score (nSPS) is 12.8. The van der Waals surface area contributed by atoms with E-state index in [1.807, 2.05) is 0 Å². The summed E-state index contributed by atoms with van der Waals surface area (Å²) >= 11 is 2.81. The summed E-state index contributed by atoms with van der Waals surface area (Å²) < 4.78 is 0. The van der Waals surface area contributed by atoms with Crippen LogP contribution in [0.15, 0.2) is 0 Å². The predicted octanol–water partition coefficient (Wildman–Crippen LogP) is 0.423. The van der Waals surface area contributed by atoms with Gasteiger partial charge in [-0.15, -0.1) is 0 Å². The maximum atomic E-state index is 10.2. The lowest BCUT2D eigenvalue weighted by molar-refractivity contribution is -0.148. The zero-order chi connectivity index (χ0) is 6.73. The molecule has 46 valence electrons. The van der Waals surface area contributed by atoms with Crippen molar-refractivity contribution in [1.82, 2.24) is 0 Å². The van der Waals surface area contributed by atoms with E-state index in [-0.39, 0.29) is 0 Å². The fraction of sp³-hybridized carbons (Fsp3) is 0.500. The lowest BCUT2D eigenvalue weighted by Gasteiger charge is -1.91. The second-order valence-corrected chi connectivity index (χ2v) is 2.66. The van der Waals surface area contributed by atoms with Crippen molar-refractivity contribution in [1.29, 1.82) is 0 Å². The molecule has 8 heavy (non-hydrogen) atoms. The monoisotopic (exact) mass is 180 g/mol. The quantitative estimate of drug-likeness (QED) is 0.496. The fourth-order valence-electron chi connectivity index (χ4n) is 0.170. The van der Waals surface area contributed by atoms with Crippen molar-refractivity contribution in [3.63, 3.8) is 0 Å². The Morgan fingerprint density at radius 2 is 2.00 bits per heavy atom. The first kappa shape index (κ1) is 7.62. The molecule has 0 bridgehead atoms. The fourth-order valence-corrected chi connectivity index (χ4v) is 0.366. The molecule has 0 rings (SSSR count).